The van der Waals surface area contributed by atoms with Gasteiger partial charge in [-0.05, 0) is 30.7 Å². The van der Waals surface area contributed by atoms with Crippen molar-refractivity contribution < 1.29 is 14.3 Å². The zero-order valence-electron chi connectivity index (χ0n) is 15.2. The highest BCUT2D eigenvalue weighted by atomic mass is 35.5. The predicted molar refractivity (Wildman–Crippen MR) is 104 cm³/mol. The number of aryl methyl sites for hydroxylation is 1. The van der Waals surface area contributed by atoms with Gasteiger partial charge in [-0.3, -0.25) is 9.59 Å². The molecule has 0 unspecified atom stereocenters. The predicted octanol–water partition coefficient (Wildman–Crippen LogP) is 3.37. The second-order valence-electron chi connectivity index (χ2n) is 6.00. The van der Waals surface area contributed by atoms with Crippen molar-refractivity contribution in [2.24, 2.45) is 0 Å². The Hall–Kier alpha value is -2.53. The first kappa shape index (κ1) is 19.8. The van der Waals surface area contributed by atoms with Crippen molar-refractivity contribution in [2.45, 2.75) is 20.3 Å². The number of benzene rings is 2. The Bertz CT molecular complexity index is 792. The maximum Gasteiger partial charge on any atom is 0.224 e. The van der Waals surface area contributed by atoms with E-state index in [0.717, 1.165) is 11.1 Å². The van der Waals surface area contributed by atoms with Crippen LogP contribution in [0.25, 0.3) is 0 Å². The molecule has 5 nitrogen and oxygen atoms in total. The second-order valence-corrected chi connectivity index (χ2v) is 6.44. The smallest absolute Gasteiger partial charge is 0.224 e. The van der Waals surface area contributed by atoms with Crippen LogP contribution in [0.5, 0.6) is 5.75 Å². The minimum Gasteiger partial charge on any atom is -0.495 e. The quantitative estimate of drug-likeness (QED) is 0.808. The van der Waals surface area contributed by atoms with Gasteiger partial charge in [0.15, 0.2) is 0 Å². The Balaban J connectivity index is 1.98. The zero-order chi connectivity index (χ0) is 19.1. The van der Waals surface area contributed by atoms with Gasteiger partial charge in [0.05, 0.1) is 19.2 Å². The number of amides is 2. The third-order valence-electron chi connectivity index (χ3n) is 3.92. The number of anilines is 1. The van der Waals surface area contributed by atoms with Gasteiger partial charge in [0.1, 0.15) is 5.75 Å². The third-order valence-corrected chi connectivity index (χ3v) is 4.15. The molecule has 0 aliphatic rings. The zero-order valence-corrected chi connectivity index (χ0v) is 16.0. The number of hydrogen-bond donors (Lipinski definition) is 1. The highest BCUT2D eigenvalue weighted by Crippen LogP contribution is 2.31. The van der Waals surface area contributed by atoms with Crippen LogP contribution in [-0.2, 0) is 16.0 Å². The van der Waals surface area contributed by atoms with Crippen LogP contribution in [0.15, 0.2) is 42.5 Å². The van der Waals surface area contributed by atoms with Crippen molar-refractivity contribution in [3.8, 4) is 5.75 Å². The van der Waals surface area contributed by atoms with E-state index in [-0.39, 0.29) is 11.8 Å². The number of halogens is 1. The SMILES string of the molecule is COc1ccc(Cl)cc1N(CCNC(=O)Cc1cccc(C)c1)C(C)=O. The van der Waals surface area contributed by atoms with Crippen LogP contribution in [0, 0.1) is 6.92 Å². The summed E-state index contributed by atoms with van der Waals surface area (Å²) in [5.41, 5.74) is 2.66. The van der Waals surface area contributed by atoms with Crippen molar-refractivity contribution in [1.82, 2.24) is 5.32 Å². The van der Waals surface area contributed by atoms with E-state index < -0.39 is 0 Å². The number of nitrogens with one attached hydrogen (secondary N) is 1. The number of hydrogen-bond acceptors (Lipinski definition) is 3. The van der Waals surface area contributed by atoms with Gasteiger partial charge >= 0.3 is 0 Å². The first-order valence-electron chi connectivity index (χ1n) is 8.34. The maximum atomic E-state index is 12.1. The molecule has 0 saturated carbocycles. The van der Waals surface area contributed by atoms with E-state index in [1.54, 1.807) is 18.2 Å². The van der Waals surface area contributed by atoms with E-state index in [2.05, 4.69) is 5.32 Å². The molecule has 0 aromatic heterocycles. The molecule has 0 aliphatic heterocycles. The molecule has 2 aromatic carbocycles. The lowest BCUT2D eigenvalue weighted by Crippen LogP contribution is -2.38. The minimum absolute atomic E-state index is 0.0860. The Labute approximate surface area is 158 Å². The number of nitrogens with zero attached hydrogens (tertiary/aromatic N) is 1. The summed E-state index contributed by atoms with van der Waals surface area (Å²) in [6.07, 6.45) is 0.308. The molecule has 0 atom stereocenters. The average molecular weight is 375 g/mol. The van der Waals surface area contributed by atoms with E-state index in [1.165, 1.54) is 18.9 Å². The molecule has 0 aliphatic carbocycles. The molecule has 1 N–H and O–H groups in total. The van der Waals surface area contributed by atoms with Gasteiger partial charge in [-0.15, -0.1) is 0 Å². The van der Waals surface area contributed by atoms with Crippen molar-refractivity contribution in [3.63, 3.8) is 0 Å². The molecular weight excluding hydrogens is 352 g/mol. The number of methoxy groups -OCH3 is 1. The largest absolute Gasteiger partial charge is 0.495 e. The fraction of sp³-hybridized carbons (Fsp3) is 0.300. The topological polar surface area (TPSA) is 58.6 Å². The molecule has 2 aromatic rings. The first-order chi connectivity index (χ1) is 12.4. The van der Waals surface area contributed by atoms with Crippen molar-refractivity contribution in [3.05, 3.63) is 58.6 Å². The third kappa shape index (κ3) is 5.49. The summed E-state index contributed by atoms with van der Waals surface area (Å²) < 4.78 is 5.31. The molecular formula is C20H23ClN2O3. The van der Waals surface area contributed by atoms with Gasteiger partial charge in [0.25, 0.3) is 0 Å². The number of carbonyl (C=O) groups excluding carboxylic acids is 2. The van der Waals surface area contributed by atoms with Crippen LogP contribution in [0.1, 0.15) is 18.1 Å². The van der Waals surface area contributed by atoms with Gasteiger partial charge < -0.3 is 15.0 Å². The molecule has 0 fully saturated rings. The normalized spacial score (nSPS) is 10.3. The van der Waals surface area contributed by atoms with Crippen molar-refractivity contribution in [2.75, 3.05) is 25.1 Å². The van der Waals surface area contributed by atoms with Crippen LogP contribution in [0.3, 0.4) is 0 Å². The van der Waals surface area contributed by atoms with Gasteiger partial charge in [0, 0.05) is 25.0 Å². The van der Waals surface area contributed by atoms with Crippen LogP contribution in [0.4, 0.5) is 5.69 Å². The molecule has 138 valence electrons. The summed E-state index contributed by atoms with van der Waals surface area (Å²) in [5.74, 6) is 0.311. The van der Waals surface area contributed by atoms with Crippen molar-refractivity contribution in [1.29, 1.82) is 0 Å². The van der Waals surface area contributed by atoms with E-state index in [9.17, 15) is 9.59 Å². The Morgan fingerprint density at radius 2 is 1.96 bits per heavy atom. The Kier molecular flexibility index (Phi) is 7.04. The highest BCUT2D eigenvalue weighted by molar-refractivity contribution is 6.31. The summed E-state index contributed by atoms with van der Waals surface area (Å²) >= 11 is 6.05. The lowest BCUT2D eigenvalue weighted by Gasteiger charge is -2.23. The van der Waals surface area contributed by atoms with Gasteiger partial charge in [-0.25, -0.2) is 0 Å². The Morgan fingerprint density at radius 3 is 2.62 bits per heavy atom. The highest BCUT2D eigenvalue weighted by Gasteiger charge is 2.17. The molecule has 0 bridgehead atoms. The standard InChI is InChI=1S/C20H23ClN2O3/c1-14-5-4-6-16(11-14)12-20(25)22-9-10-23(15(2)24)18-13-17(21)7-8-19(18)26-3/h4-8,11,13H,9-10,12H2,1-3H3,(H,22,25). The van der Waals surface area contributed by atoms with E-state index in [0.29, 0.717) is 36.0 Å². The summed E-state index contributed by atoms with van der Waals surface area (Å²) in [6, 6.07) is 12.9. The number of ether oxygens (including phenoxy) is 1. The fourth-order valence-corrected chi connectivity index (χ4v) is 2.87. The summed E-state index contributed by atoms with van der Waals surface area (Å²) in [4.78, 5) is 25.7. The first-order valence-corrected chi connectivity index (χ1v) is 8.72. The van der Waals surface area contributed by atoms with Gasteiger partial charge in [0.2, 0.25) is 11.8 Å². The molecule has 2 amide bonds. The summed E-state index contributed by atoms with van der Waals surface area (Å²) in [5, 5.41) is 3.36. The van der Waals surface area contributed by atoms with Crippen LogP contribution < -0.4 is 15.0 Å². The molecule has 0 saturated heterocycles. The molecule has 2 rings (SSSR count). The molecule has 0 heterocycles. The van der Waals surface area contributed by atoms with Crippen LogP contribution in [-0.4, -0.2) is 32.0 Å². The Morgan fingerprint density at radius 1 is 1.19 bits per heavy atom. The average Bonchev–Trinajstić information content (AvgIpc) is 2.58. The summed E-state index contributed by atoms with van der Waals surface area (Å²) in [6.45, 7) is 4.12. The summed E-state index contributed by atoms with van der Waals surface area (Å²) in [7, 11) is 1.54. The number of carbonyl (C=O) groups is 2. The van der Waals surface area contributed by atoms with E-state index >= 15 is 0 Å². The second kappa shape index (κ2) is 9.25. The fourth-order valence-electron chi connectivity index (χ4n) is 2.70. The van der Waals surface area contributed by atoms with Crippen LogP contribution >= 0.6 is 11.6 Å². The molecule has 0 radical (unpaired) electrons. The van der Waals surface area contributed by atoms with Gasteiger partial charge in [-0.2, -0.15) is 0 Å². The molecule has 6 heteroatoms. The van der Waals surface area contributed by atoms with E-state index in [4.69, 9.17) is 16.3 Å². The molecule has 26 heavy (non-hydrogen) atoms. The lowest BCUT2D eigenvalue weighted by molar-refractivity contribution is -0.121. The van der Waals surface area contributed by atoms with Crippen LogP contribution in [0.2, 0.25) is 5.02 Å². The molecule has 0 spiro atoms. The number of rotatable bonds is 7. The van der Waals surface area contributed by atoms with Gasteiger partial charge in [-0.1, -0.05) is 41.4 Å². The monoisotopic (exact) mass is 374 g/mol. The van der Waals surface area contributed by atoms with E-state index in [1.807, 2.05) is 31.2 Å². The maximum absolute atomic E-state index is 12.1. The van der Waals surface area contributed by atoms with Crippen molar-refractivity contribution >= 4 is 29.1 Å². The lowest BCUT2D eigenvalue weighted by atomic mass is 10.1. The minimum atomic E-state index is -0.154.